The standard InChI is InChI=1S/C17H20FN3O5/c18-12-7-5-11(6-8-12)16(24)19-9-15(23)26-10-14(22)21-17(25)20-13-3-1-2-4-13/h5-8,13H,1-4,9-10H2,(H,19,24)(H2,20,21,22,25). The summed E-state index contributed by atoms with van der Waals surface area (Å²) in [5.41, 5.74) is 0.181. The average Bonchev–Trinajstić information content (AvgIpc) is 3.11. The third-order valence-electron chi connectivity index (χ3n) is 3.81. The van der Waals surface area contributed by atoms with Crippen molar-refractivity contribution >= 4 is 23.8 Å². The Labute approximate surface area is 149 Å². The van der Waals surface area contributed by atoms with Gasteiger partial charge >= 0.3 is 12.0 Å². The van der Waals surface area contributed by atoms with Crippen LogP contribution in [0.1, 0.15) is 36.0 Å². The Morgan fingerprint density at radius 3 is 2.38 bits per heavy atom. The van der Waals surface area contributed by atoms with E-state index in [1.807, 2.05) is 0 Å². The Kier molecular flexibility index (Phi) is 7.07. The smallest absolute Gasteiger partial charge is 0.325 e. The Bertz CT molecular complexity index is 671. The fraction of sp³-hybridized carbons (Fsp3) is 0.412. The van der Waals surface area contributed by atoms with E-state index in [-0.39, 0.29) is 11.6 Å². The second-order valence-electron chi connectivity index (χ2n) is 5.85. The van der Waals surface area contributed by atoms with Gasteiger partial charge in [0.05, 0.1) is 0 Å². The van der Waals surface area contributed by atoms with Gasteiger partial charge in [0.15, 0.2) is 6.61 Å². The Hall–Kier alpha value is -2.97. The zero-order chi connectivity index (χ0) is 18.9. The van der Waals surface area contributed by atoms with Gasteiger partial charge in [0.2, 0.25) is 0 Å². The van der Waals surface area contributed by atoms with E-state index in [1.54, 1.807) is 0 Å². The van der Waals surface area contributed by atoms with E-state index < -0.39 is 42.8 Å². The summed E-state index contributed by atoms with van der Waals surface area (Å²) in [5.74, 6) is -2.67. The van der Waals surface area contributed by atoms with Gasteiger partial charge in [-0.25, -0.2) is 9.18 Å². The van der Waals surface area contributed by atoms with Crippen molar-refractivity contribution in [2.75, 3.05) is 13.2 Å². The molecule has 0 spiro atoms. The number of carbonyl (C=O) groups is 4. The maximum atomic E-state index is 12.8. The molecule has 0 heterocycles. The summed E-state index contributed by atoms with van der Waals surface area (Å²) in [6.45, 7) is -1.10. The highest BCUT2D eigenvalue weighted by Crippen LogP contribution is 2.17. The SMILES string of the molecule is O=C(COC(=O)CNC(=O)c1ccc(F)cc1)NC(=O)NC1CCCC1. The van der Waals surface area contributed by atoms with Crippen molar-refractivity contribution in [3.63, 3.8) is 0 Å². The second-order valence-corrected chi connectivity index (χ2v) is 5.85. The van der Waals surface area contributed by atoms with Crippen LogP contribution in [-0.2, 0) is 14.3 Å². The number of hydrogen-bond donors (Lipinski definition) is 3. The van der Waals surface area contributed by atoms with Gasteiger partial charge in [-0.3, -0.25) is 19.7 Å². The monoisotopic (exact) mass is 365 g/mol. The van der Waals surface area contributed by atoms with Crippen molar-refractivity contribution < 1.29 is 28.3 Å². The fourth-order valence-electron chi connectivity index (χ4n) is 2.51. The number of benzene rings is 1. The number of esters is 1. The van der Waals surface area contributed by atoms with Crippen LogP contribution in [0, 0.1) is 5.82 Å². The number of rotatable bonds is 6. The van der Waals surface area contributed by atoms with Crippen molar-refractivity contribution in [2.24, 2.45) is 0 Å². The minimum Gasteiger partial charge on any atom is -0.454 e. The lowest BCUT2D eigenvalue weighted by Gasteiger charge is -2.12. The van der Waals surface area contributed by atoms with E-state index in [1.165, 1.54) is 12.1 Å². The van der Waals surface area contributed by atoms with Gasteiger partial charge in [0.1, 0.15) is 12.4 Å². The minimum atomic E-state index is -0.841. The molecule has 1 aliphatic rings. The summed E-state index contributed by atoms with van der Waals surface area (Å²) >= 11 is 0. The fourth-order valence-corrected chi connectivity index (χ4v) is 2.51. The minimum absolute atomic E-state index is 0.0621. The predicted octanol–water partition coefficient (Wildman–Crippen LogP) is 0.867. The van der Waals surface area contributed by atoms with E-state index in [0.717, 1.165) is 37.8 Å². The van der Waals surface area contributed by atoms with Crippen LogP contribution in [-0.4, -0.2) is 43.0 Å². The van der Waals surface area contributed by atoms with Crippen LogP contribution in [0.5, 0.6) is 0 Å². The van der Waals surface area contributed by atoms with Crippen LogP contribution in [0.2, 0.25) is 0 Å². The maximum absolute atomic E-state index is 12.8. The zero-order valence-electron chi connectivity index (χ0n) is 14.0. The molecule has 1 aromatic rings. The molecule has 0 unspecified atom stereocenters. The molecule has 1 saturated carbocycles. The van der Waals surface area contributed by atoms with Crippen molar-refractivity contribution in [3.05, 3.63) is 35.6 Å². The van der Waals surface area contributed by atoms with E-state index >= 15 is 0 Å². The van der Waals surface area contributed by atoms with Crippen molar-refractivity contribution in [1.82, 2.24) is 16.0 Å². The lowest BCUT2D eigenvalue weighted by Crippen LogP contribution is -2.45. The third kappa shape index (κ3) is 6.50. The molecule has 2 rings (SSSR count). The van der Waals surface area contributed by atoms with Crippen molar-refractivity contribution in [1.29, 1.82) is 0 Å². The lowest BCUT2D eigenvalue weighted by atomic mass is 10.2. The highest BCUT2D eigenvalue weighted by molar-refractivity contribution is 5.97. The molecule has 0 aromatic heterocycles. The molecule has 1 aromatic carbocycles. The van der Waals surface area contributed by atoms with Gasteiger partial charge in [0, 0.05) is 11.6 Å². The first kappa shape index (κ1) is 19.4. The van der Waals surface area contributed by atoms with Gasteiger partial charge in [-0.1, -0.05) is 12.8 Å². The molecule has 9 heteroatoms. The van der Waals surface area contributed by atoms with Crippen LogP contribution in [0.3, 0.4) is 0 Å². The Morgan fingerprint density at radius 1 is 1.08 bits per heavy atom. The second kappa shape index (κ2) is 9.50. The van der Waals surface area contributed by atoms with Crippen LogP contribution in [0.4, 0.5) is 9.18 Å². The molecule has 0 aliphatic heterocycles. The molecule has 1 aliphatic carbocycles. The van der Waals surface area contributed by atoms with Crippen LogP contribution < -0.4 is 16.0 Å². The van der Waals surface area contributed by atoms with Gasteiger partial charge in [0.25, 0.3) is 11.8 Å². The molecule has 26 heavy (non-hydrogen) atoms. The molecular weight excluding hydrogens is 345 g/mol. The largest absolute Gasteiger partial charge is 0.454 e. The number of hydrogen-bond acceptors (Lipinski definition) is 5. The molecule has 4 amide bonds. The molecule has 3 N–H and O–H groups in total. The predicted molar refractivity (Wildman–Crippen MR) is 88.6 cm³/mol. The number of ether oxygens (including phenoxy) is 1. The topological polar surface area (TPSA) is 114 Å². The van der Waals surface area contributed by atoms with E-state index in [2.05, 4.69) is 20.7 Å². The van der Waals surface area contributed by atoms with E-state index in [0.29, 0.717) is 0 Å². The lowest BCUT2D eigenvalue weighted by molar-refractivity contribution is -0.147. The summed E-state index contributed by atoms with van der Waals surface area (Å²) < 4.78 is 17.4. The first-order valence-corrected chi connectivity index (χ1v) is 8.24. The number of imide groups is 1. The number of carbonyl (C=O) groups excluding carboxylic acids is 4. The molecule has 8 nitrogen and oxygen atoms in total. The van der Waals surface area contributed by atoms with Crippen molar-refractivity contribution in [2.45, 2.75) is 31.7 Å². The average molecular weight is 365 g/mol. The quantitative estimate of drug-likeness (QED) is 0.647. The molecule has 0 radical (unpaired) electrons. The van der Waals surface area contributed by atoms with Crippen LogP contribution >= 0.6 is 0 Å². The molecule has 1 fully saturated rings. The Balaban J connectivity index is 1.62. The third-order valence-corrected chi connectivity index (χ3v) is 3.81. The van der Waals surface area contributed by atoms with Gasteiger partial charge in [-0.2, -0.15) is 0 Å². The number of amides is 4. The van der Waals surface area contributed by atoms with Gasteiger partial charge in [-0.05, 0) is 37.1 Å². The van der Waals surface area contributed by atoms with E-state index in [9.17, 15) is 23.6 Å². The highest BCUT2D eigenvalue weighted by Gasteiger charge is 2.18. The van der Waals surface area contributed by atoms with Crippen LogP contribution in [0.25, 0.3) is 0 Å². The highest BCUT2D eigenvalue weighted by atomic mass is 19.1. The summed E-state index contributed by atoms with van der Waals surface area (Å²) in [6, 6.07) is 4.22. The molecule has 140 valence electrons. The van der Waals surface area contributed by atoms with Crippen LogP contribution in [0.15, 0.2) is 24.3 Å². The molecule has 0 bridgehead atoms. The summed E-state index contributed by atoms with van der Waals surface area (Å²) in [4.78, 5) is 46.4. The van der Waals surface area contributed by atoms with Crippen molar-refractivity contribution in [3.8, 4) is 0 Å². The number of urea groups is 1. The van der Waals surface area contributed by atoms with E-state index in [4.69, 9.17) is 0 Å². The molecular formula is C17H20FN3O5. The summed E-state index contributed by atoms with van der Waals surface area (Å²) in [5, 5.41) is 7.02. The first-order chi connectivity index (χ1) is 12.4. The number of halogens is 1. The zero-order valence-corrected chi connectivity index (χ0v) is 14.0. The Morgan fingerprint density at radius 2 is 1.73 bits per heavy atom. The normalized spacial score (nSPS) is 13.7. The summed E-state index contributed by atoms with van der Waals surface area (Å²) in [6.07, 6.45) is 3.84. The molecule has 0 saturated heterocycles. The maximum Gasteiger partial charge on any atom is 0.325 e. The first-order valence-electron chi connectivity index (χ1n) is 8.24. The van der Waals surface area contributed by atoms with Gasteiger partial charge < -0.3 is 15.4 Å². The van der Waals surface area contributed by atoms with Gasteiger partial charge in [-0.15, -0.1) is 0 Å². The molecule has 0 atom stereocenters. The number of nitrogens with one attached hydrogen (secondary N) is 3. The summed E-state index contributed by atoms with van der Waals surface area (Å²) in [7, 11) is 0.